The molecule has 6 rings (SSSR count). The lowest BCUT2D eigenvalue weighted by Crippen LogP contribution is -2.49. The van der Waals surface area contributed by atoms with Gasteiger partial charge in [-0.3, -0.25) is 24.4 Å². The maximum atomic E-state index is 14.3. The smallest absolute Gasteiger partial charge is 0.257 e. The van der Waals surface area contributed by atoms with Crippen LogP contribution in [0.5, 0.6) is 17.2 Å². The van der Waals surface area contributed by atoms with Crippen molar-refractivity contribution in [3.8, 4) is 17.2 Å². The van der Waals surface area contributed by atoms with E-state index in [1.807, 2.05) is 6.08 Å². The van der Waals surface area contributed by atoms with Crippen LogP contribution < -0.4 is 14.4 Å². The van der Waals surface area contributed by atoms with Gasteiger partial charge in [0.1, 0.15) is 5.82 Å². The second kappa shape index (κ2) is 10.2. The Morgan fingerprint density at radius 1 is 1.02 bits per heavy atom. The van der Waals surface area contributed by atoms with Gasteiger partial charge in [0.15, 0.2) is 11.5 Å². The van der Waals surface area contributed by atoms with Gasteiger partial charge in [0.05, 0.1) is 48.1 Å². The molecule has 2 aliphatic heterocycles. The standard InChI is InChI=1S/C31H28ClFN2O8/c1-31-19(8-4-14-10-23(42-2)26(36)24(11-14)43-3)16-6-7-17-25(29(39)35(41)27(17)37)18(16)13-20(31)28(38)34(30(31)40)15-5-9-22(33)21(32)12-15/h4-6,8-12,17-20,25,36,41H,7,13H2,1-3H3. The third kappa shape index (κ3) is 4.09. The summed E-state index contributed by atoms with van der Waals surface area (Å²) in [6, 6.07) is 6.77. The Hall–Kier alpha value is -4.22. The van der Waals surface area contributed by atoms with Crippen LogP contribution in [0.25, 0.3) is 6.08 Å². The van der Waals surface area contributed by atoms with Gasteiger partial charge >= 0.3 is 0 Å². The van der Waals surface area contributed by atoms with Gasteiger partial charge < -0.3 is 14.6 Å². The van der Waals surface area contributed by atoms with E-state index < -0.39 is 64.5 Å². The molecular formula is C31H28ClFN2O8. The van der Waals surface area contributed by atoms with Gasteiger partial charge in [0.2, 0.25) is 17.6 Å². The molecule has 1 saturated carbocycles. The lowest BCUT2D eigenvalue weighted by Gasteiger charge is -2.47. The zero-order valence-electron chi connectivity index (χ0n) is 23.4. The van der Waals surface area contributed by atoms with Crippen LogP contribution in [-0.2, 0) is 19.2 Å². The summed E-state index contributed by atoms with van der Waals surface area (Å²) in [7, 11) is 2.79. The number of amides is 4. The molecule has 6 unspecified atom stereocenters. The molecule has 2 aromatic carbocycles. The number of carbonyl (C=O) groups is 4. The van der Waals surface area contributed by atoms with E-state index in [1.165, 1.54) is 26.4 Å². The first kappa shape index (κ1) is 28.9. The first-order valence-corrected chi connectivity index (χ1v) is 14.0. The van der Waals surface area contributed by atoms with Crippen molar-refractivity contribution in [3.63, 3.8) is 0 Å². The van der Waals surface area contributed by atoms with Gasteiger partial charge in [0.25, 0.3) is 11.8 Å². The van der Waals surface area contributed by atoms with Gasteiger partial charge in [-0.25, -0.2) is 9.29 Å². The average molecular weight is 611 g/mol. The second-order valence-corrected chi connectivity index (χ2v) is 11.8. The highest BCUT2D eigenvalue weighted by Gasteiger charge is 2.66. The number of allylic oxidation sites excluding steroid dienone is 3. The molecular weight excluding hydrogens is 583 g/mol. The minimum atomic E-state index is -1.32. The first-order valence-electron chi connectivity index (χ1n) is 13.7. The summed E-state index contributed by atoms with van der Waals surface area (Å²) in [5.74, 6) is -6.90. The molecule has 2 saturated heterocycles. The third-order valence-electron chi connectivity index (χ3n) is 9.47. The fraction of sp³-hybridized carbons (Fsp3) is 0.355. The SMILES string of the molecule is COc1cc(C=CC2C3=CCC4C(=O)N(O)C(=O)C4C3CC3C(=O)N(c4ccc(F)c(Cl)c4)C(=O)C23C)cc(OC)c1O. The van der Waals surface area contributed by atoms with Crippen molar-refractivity contribution in [1.29, 1.82) is 0 Å². The summed E-state index contributed by atoms with van der Waals surface area (Å²) in [6.07, 6.45) is 5.59. The lowest BCUT2D eigenvalue weighted by atomic mass is 9.52. The predicted molar refractivity (Wildman–Crippen MR) is 151 cm³/mol. The first-order chi connectivity index (χ1) is 20.4. The lowest BCUT2D eigenvalue weighted by molar-refractivity contribution is -0.173. The van der Waals surface area contributed by atoms with Crippen LogP contribution in [0.3, 0.4) is 0 Å². The number of hydroxylamine groups is 2. The topological polar surface area (TPSA) is 134 Å². The number of hydrogen-bond donors (Lipinski definition) is 2. The molecule has 0 bridgehead atoms. The number of halogens is 2. The highest BCUT2D eigenvalue weighted by Crippen LogP contribution is 2.61. The van der Waals surface area contributed by atoms with E-state index in [4.69, 9.17) is 21.1 Å². The van der Waals surface area contributed by atoms with Crippen LogP contribution in [0.2, 0.25) is 5.02 Å². The number of methoxy groups -OCH3 is 2. The average Bonchev–Trinajstić information content (AvgIpc) is 3.33. The van der Waals surface area contributed by atoms with Gasteiger partial charge in [0, 0.05) is 5.92 Å². The van der Waals surface area contributed by atoms with Gasteiger partial charge in [-0.15, -0.1) is 0 Å². The van der Waals surface area contributed by atoms with Crippen molar-refractivity contribution in [2.75, 3.05) is 19.1 Å². The Labute approximate surface area is 250 Å². The van der Waals surface area contributed by atoms with Crippen molar-refractivity contribution in [2.45, 2.75) is 19.8 Å². The zero-order valence-corrected chi connectivity index (χ0v) is 24.2. The minimum Gasteiger partial charge on any atom is -0.502 e. The van der Waals surface area contributed by atoms with Crippen LogP contribution in [-0.4, -0.2) is 53.2 Å². The number of fused-ring (bicyclic) bond motifs is 4. The van der Waals surface area contributed by atoms with E-state index in [9.17, 15) is 33.9 Å². The van der Waals surface area contributed by atoms with E-state index >= 15 is 0 Å². The van der Waals surface area contributed by atoms with Crippen molar-refractivity contribution in [3.05, 3.63) is 64.5 Å². The van der Waals surface area contributed by atoms with Gasteiger partial charge in [-0.1, -0.05) is 35.4 Å². The summed E-state index contributed by atoms with van der Waals surface area (Å²) in [6.45, 7) is 1.69. The van der Waals surface area contributed by atoms with Crippen LogP contribution >= 0.6 is 11.6 Å². The van der Waals surface area contributed by atoms with Crippen LogP contribution in [0, 0.1) is 40.8 Å². The van der Waals surface area contributed by atoms with E-state index in [-0.39, 0.29) is 45.9 Å². The quantitative estimate of drug-likeness (QED) is 0.290. The molecule has 4 aliphatic rings. The Morgan fingerprint density at radius 2 is 1.70 bits per heavy atom. The number of rotatable bonds is 5. The third-order valence-corrected chi connectivity index (χ3v) is 9.76. The van der Waals surface area contributed by atoms with Crippen molar-refractivity contribution >= 4 is 47.0 Å². The highest BCUT2D eigenvalue weighted by molar-refractivity contribution is 6.31. The monoisotopic (exact) mass is 610 g/mol. The molecule has 224 valence electrons. The van der Waals surface area contributed by atoms with Gasteiger partial charge in [-0.2, -0.15) is 5.06 Å². The summed E-state index contributed by atoms with van der Waals surface area (Å²) < 4.78 is 24.5. The number of hydrogen-bond acceptors (Lipinski definition) is 8. The zero-order chi connectivity index (χ0) is 31.0. The second-order valence-electron chi connectivity index (χ2n) is 11.4. The molecule has 0 radical (unpaired) electrons. The van der Waals surface area contributed by atoms with Crippen molar-refractivity contribution < 1.29 is 43.4 Å². The molecule has 2 aliphatic carbocycles. The molecule has 2 N–H and O–H groups in total. The number of phenols is 1. The Balaban J connectivity index is 1.49. The number of aromatic hydroxyl groups is 1. The fourth-order valence-electron chi connectivity index (χ4n) is 7.29. The molecule has 10 nitrogen and oxygen atoms in total. The van der Waals surface area contributed by atoms with Gasteiger partial charge in [-0.05, 0) is 61.6 Å². The van der Waals surface area contributed by atoms with E-state index in [1.54, 1.807) is 31.2 Å². The number of phenolic OH excluding ortho intramolecular Hbond substituents is 1. The summed E-state index contributed by atoms with van der Waals surface area (Å²) in [4.78, 5) is 55.0. The van der Waals surface area contributed by atoms with E-state index in [0.717, 1.165) is 11.0 Å². The maximum absolute atomic E-state index is 14.3. The number of ether oxygens (including phenoxy) is 2. The number of anilines is 1. The van der Waals surface area contributed by atoms with Crippen molar-refractivity contribution in [1.82, 2.24) is 5.06 Å². The molecule has 3 fully saturated rings. The van der Waals surface area contributed by atoms with E-state index in [0.29, 0.717) is 11.1 Å². The van der Waals surface area contributed by atoms with E-state index in [2.05, 4.69) is 0 Å². The maximum Gasteiger partial charge on any atom is 0.257 e. The van der Waals surface area contributed by atoms with Crippen LogP contribution in [0.1, 0.15) is 25.3 Å². The number of benzene rings is 2. The predicted octanol–water partition coefficient (Wildman–Crippen LogP) is 4.37. The van der Waals surface area contributed by atoms with Crippen LogP contribution in [0.4, 0.5) is 10.1 Å². The summed E-state index contributed by atoms with van der Waals surface area (Å²) >= 11 is 6.01. The Bertz CT molecular complexity index is 1630. The Kier molecular flexibility index (Phi) is 6.85. The Morgan fingerprint density at radius 3 is 2.33 bits per heavy atom. The molecule has 6 atom stereocenters. The number of nitrogens with zero attached hydrogens (tertiary/aromatic N) is 2. The molecule has 0 aromatic heterocycles. The molecule has 2 heterocycles. The molecule has 0 spiro atoms. The highest BCUT2D eigenvalue weighted by atomic mass is 35.5. The summed E-state index contributed by atoms with van der Waals surface area (Å²) in [5, 5.41) is 20.4. The largest absolute Gasteiger partial charge is 0.502 e. The fourth-order valence-corrected chi connectivity index (χ4v) is 7.46. The normalized spacial score (nSPS) is 30.0. The molecule has 2 aromatic rings. The van der Waals surface area contributed by atoms with Crippen LogP contribution in [0.15, 0.2) is 48.1 Å². The summed E-state index contributed by atoms with van der Waals surface area (Å²) in [5.41, 5.74) is 0.0802. The molecule has 4 amide bonds. The van der Waals surface area contributed by atoms with Crippen molar-refractivity contribution in [2.24, 2.45) is 35.0 Å². The number of carbonyl (C=O) groups excluding carboxylic acids is 4. The number of imide groups is 2. The molecule has 43 heavy (non-hydrogen) atoms. The molecule has 12 heteroatoms. The minimum absolute atomic E-state index is 0.0948.